The highest BCUT2D eigenvalue weighted by molar-refractivity contribution is 7.86. The Labute approximate surface area is 178 Å². The van der Waals surface area contributed by atoms with Crippen LogP contribution < -0.4 is 9.50 Å². The van der Waals surface area contributed by atoms with Gasteiger partial charge in [0.1, 0.15) is 5.75 Å². The number of nitrogens with one attached hydrogen (secondary N) is 1. The average molecular weight is 433 g/mol. The Morgan fingerprint density at radius 2 is 1.90 bits per heavy atom. The smallest absolute Gasteiger partial charge is 0.322 e. The minimum absolute atomic E-state index is 0.0170. The molecular weight excluding hydrogens is 404 g/mol. The molecule has 8 heteroatoms. The third kappa shape index (κ3) is 6.47. The van der Waals surface area contributed by atoms with Crippen LogP contribution in [0.1, 0.15) is 29.5 Å². The summed E-state index contributed by atoms with van der Waals surface area (Å²) in [5.74, 6) is 0.242. The van der Waals surface area contributed by atoms with E-state index in [9.17, 15) is 13.2 Å². The average Bonchev–Trinajstić information content (AvgIpc) is 3.18. The topological polar surface area (TPSA) is 84.9 Å². The second-order valence-electron chi connectivity index (χ2n) is 7.68. The molecule has 1 atom stereocenters. The molecule has 1 fully saturated rings. The quantitative estimate of drug-likeness (QED) is 0.672. The predicted molar refractivity (Wildman–Crippen MR) is 116 cm³/mol. The van der Waals surface area contributed by atoms with E-state index < -0.39 is 10.1 Å². The molecule has 0 unspecified atom stereocenters. The molecular formula is C22H28N2O5S. The number of ether oxygens (including phenoxy) is 1. The van der Waals surface area contributed by atoms with Crippen LogP contribution in [0.2, 0.25) is 0 Å². The summed E-state index contributed by atoms with van der Waals surface area (Å²) in [6.45, 7) is 5.61. The van der Waals surface area contributed by atoms with Crippen LogP contribution in [0.15, 0.2) is 42.5 Å². The fourth-order valence-electron chi connectivity index (χ4n) is 3.32. The van der Waals surface area contributed by atoms with Crippen molar-refractivity contribution >= 4 is 21.8 Å². The molecule has 0 saturated carbocycles. The lowest BCUT2D eigenvalue weighted by Gasteiger charge is -2.26. The molecule has 0 aliphatic carbocycles. The predicted octanol–water partition coefficient (Wildman–Crippen LogP) is 3.85. The molecule has 2 amide bonds. The molecule has 0 spiro atoms. The number of aryl methyl sites for hydroxylation is 2. The van der Waals surface area contributed by atoms with Gasteiger partial charge < -0.3 is 19.1 Å². The molecule has 1 N–H and O–H groups in total. The number of rotatable bonds is 7. The van der Waals surface area contributed by atoms with Crippen LogP contribution in [0.4, 0.5) is 10.5 Å². The van der Waals surface area contributed by atoms with E-state index in [0.717, 1.165) is 42.5 Å². The third-order valence-electron chi connectivity index (χ3n) is 5.04. The minimum Gasteiger partial charge on any atom is -0.383 e. The summed E-state index contributed by atoms with van der Waals surface area (Å²) in [6.07, 6.45) is 2.94. The van der Waals surface area contributed by atoms with Gasteiger partial charge in [0.15, 0.2) is 0 Å². The van der Waals surface area contributed by atoms with E-state index in [0.29, 0.717) is 13.1 Å². The van der Waals surface area contributed by atoms with Gasteiger partial charge in [-0.3, -0.25) is 0 Å². The number of hydrogen-bond acceptors (Lipinski definition) is 5. The molecule has 1 heterocycles. The van der Waals surface area contributed by atoms with E-state index in [1.54, 1.807) is 29.2 Å². The molecule has 0 radical (unpaired) electrons. The van der Waals surface area contributed by atoms with Crippen molar-refractivity contribution in [1.82, 2.24) is 4.90 Å². The van der Waals surface area contributed by atoms with Crippen LogP contribution in [0.25, 0.3) is 0 Å². The molecule has 30 heavy (non-hydrogen) atoms. The van der Waals surface area contributed by atoms with E-state index in [1.807, 2.05) is 32.0 Å². The van der Waals surface area contributed by atoms with Crippen molar-refractivity contribution in [3.05, 3.63) is 59.2 Å². The monoisotopic (exact) mass is 432 g/mol. The first-order valence-corrected chi connectivity index (χ1v) is 11.7. The van der Waals surface area contributed by atoms with Gasteiger partial charge in [0.25, 0.3) is 0 Å². The summed E-state index contributed by atoms with van der Waals surface area (Å²) >= 11 is 0. The van der Waals surface area contributed by atoms with E-state index in [1.165, 1.54) is 5.56 Å². The molecule has 1 aliphatic heterocycles. The number of hydrogen-bond donors (Lipinski definition) is 1. The molecule has 0 bridgehead atoms. The SMILES string of the molecule is Cc1ccc(NC(=O)N(Cc2ccc(OS(C)(=O)=O)cc2)C[C@@H]2CCCO2)cc1C. The maximum absolute atomic E-state index is 13.0. The van der Waals surface area contributed by atoms with Crippen molar-refractivity contribution in [1.29, 1.82) is 0 Å². The summed E-state index contributed by atoms with van der Waals surface area (Å²) < 4.78 is 33.1. The van der Waals surface area contributed by atoms with Crippen LogP contribution >= 0.6 is 0 Å². The zero-order valence-electron chi connectivity index (χ0n) is 17.6. The van der Waals surface area contributed by atoms with Gasteiger partial charge >= 0.3 is 16.1 Å². The third-order valence-corrected chi connectivity index (χ3v) is 5.53. The summed E-state index contributed by atoms with van der Waals surface area (Å²) in [7, 11) is -3.57. The highest BCUT2D eigenvalue weighted by atomic mass is 32.2. The molecule has 1 saturated heterocycles. The first-order valence-electron chi connectivity index (χ1n) is 9.93. The van der Waals surface area contributed by atoms with Crippen LogP contribution in [0.5, 0.6) is 5.75 Å². The largest absolute Gasteiger partial charge is 0.383 e. The number of amides is 2. The number of benzene rings is 2. The molecule has 2 aromatic carbocycles. The number of carbonyl (C=O) groups is 1. The van der Waals surface area contributed by atoms with Gasteiger partial charge in [0, 0.05) is 25.4 Å². The first kappa shape index (κ1) is 22.1. The number of nitrogens with zero attached hydrogens (tertiary/aromatic N) is 1. The highest BCUT2D eigenvalue weighted by Crippen LogP contribution is 2.20. The molecule has 0 aromatic heterocycles. The van der Waals surface area contributed by atoms with Crippen molar-refractivity contribution in [3.63, 3.8) is 0 Å². The molecule has 7 nitrogen and oxygen atoms in total. The lowest BCUT2D eigenvalue weighted by atomic mass is 10.1. The van der Waals surface area contributed by atoms with E-state index in [4.69, 9.17) is 8.92 Å². The van der Waals surface area contributed by atoms with Gasteiger partial charge in [-0.15, -0.1) is 0 Å². The lowest BCUT2D eigenvalue weighted by Crippen LogP contribution is -2.39. The first-order chi connectivity index (χ1) is 14.2. The van der Waals surface area contributed by atoms with Crippen molar-refractivity contribution in [2.75, 3.05) is 24.7 Å². The summed E-state index contributed by atoms with van der Waals surface area (Å²) in [4.78, 5) is 14.7. The van der Waals surface area contributed by atoms with E-state index in [2.05, 4.69) is 5.32 Å². The van der Waals surface area contributed by atoms with Crippen LogP contribution in [0.3, 0.4) is 0 Å². The van der Waals surface area contributed by atoms with Gasteiger partial charge in [-0.2, -0.15) is 8.42 Å². The summed E-state index contributed by atoms with van der Waals surface area (Å²) in [6, 6.07) is 12.3. The van der Waals surface area contributed by atoms with E-state index >= 15 is 0 Å². The van der Waals surface area contributed by atoms with Crippen molar-refractivity contribution < 1.29 is 22.1 Å². The van der Waals surface area contributed by atoms with E-state index in [-0.39, 0.29) is 17.9 Å². The molecule has 1 aliphatic rings. The normalized spacial score (nSPS) is 16.3. The maximum atomic E-state index is 13.0. The Morgan fingerprint density at radius 3 is 2.50 bits per heavy atom. The summed E-state index contributed by atoms with van der Waals surface area (Å²) in [5, 5.41) is 2.97. The fourth-order valence-corrected chi connectivity index (χ4v) is 3.78. The fraction of sp³-hybridized carbons (Fsp3) is 0.409. The van der Waals surface area contributed by atoms with Gasteiger partial charge in [-0.05, 0) is 67.6 Å². The van der Waals surface area contributed by atoms with Gasteiger partial charge in [0.2, 0.25) is 0 Å². The van der Waals surface area contributed by atoms with Crippen molar-refractivity contribution in [2.24, 2.45) is 0 Å². The van der Waals surface area contributed by atoms with Crippen molar-refractivity contribution in [3.8, 4) is 5.75 Å². The Morgan fingerprint density at radius 1 is 1.17 bits per heavy atom. The Hall–Kier alpha value is -2.58. The molecule has 162 valence electrons. The second kappa shape index (κ2) is 9.49. The van der Waals surface area contributed by atoms with Crippen LogP contribution in [0, 0.1) is 13.8 Å². The zero-order valence-corrected chi connectivity index (χ0v) is 18.4. The number of urea groups is 1. The Balaban J connectivity index is 1.72. The minimum atomic E-state index is -3.57. The van der Waals surface area contributed by atoms with Gasteiger partial charge in [0.05, 0.1) is 12.4 Å². The van der Waals surface area contributed by atoms with Crippen LogP contribution in [-0.2, 0) is 21.4 Å². The number of carbonyl (C=O) groups excluding carboxylic acids is 1. The standard InChI is InChI=1S/C22H28N2O5S/c1-16-6-9-19(13-17(16)2)23-22(25)24(15-21-5-4-12-28-21)14-18-7-10-20(11-8-18)29-30(3,26)27/h6-11,13,21H,4-5,12,14-15H2,1-3H3,(H,23,25)/t21-/m0/s1. The number of anilines is 1. The molecule has 2 aromatic rings. The van der Waals surface area contributed by atoms with Gasteiger partial charge in [-0.25, -0.2) is 4.79 Å². The lowest BCUT2D eigenvalue weighted by molar-refractivity contribution is 0.0819. The maximum Gasteiger partial charge on any atom is 0.322 e. The van der Waals surface area contributed by atoms with Crippen molar-refractivity contribution in [2.45, 2.75) is 39.3 Å². The highest BCUT2D eigenvalue weighted by Gasteiger charge is 2.23. The van der Waals surface area contributed by atoms with Gasteiger partial charge in [-0.1, -0.05) is 18.2 Å². The Kier molecular flexibility index (Phi) is 6.99. The molecule has 3 rings (SSSR count). The van der Waals surface area contributed by atoms with Crippen LogP contribution in [-0.4, -0.2) is 44.9 Å². The summed E-state index contributed by atoms with van der Waals surface area (Å²) in [5.41, 5.74) is 3.89. The Bertz CT molecular complexity index is 983. The zero-order chi connectivity index (χ0) is 21.7. The second-order valence-corrected chi connectivity index (χ2v) is 9.25.